The lowest BCUT2D eigenvalue weighted by Gasteiger charge is -2.36. The third-order valence-corrected chi connectivity index (χ3v) is 5.14. The Morgan fingerprint density at radius 3 is 2.79 bits per heavy atom. The zero-order chi connectivity index (χ0) is 13.8. The highest BCUT2D eigenvalue weighted by Crippen LogP contribution is 2.32. The number of thiazole rings is 1. The minimum absolute atomic E-state index is 0.638. The highest BCUT2D eigenvalue weighted by molar-refractivity contribution is 7.15. The number of anilines is 1. The number of nitrogens with one attached hydrogen (secondary N) is 1. The van der Waals surface area contributed by atoms with Crippen molar-refractivity contribution in [2.45, 2.75) is 59.5 Å². The molecule has 1 aromatic rings. The summed E-state index contributed by atoms with van der Waals surface area (Å²) in [4.78, 5) is 8.84. The van der Waals surface area contributed by atoms with E-state index in [0.717, 1.165) is 25.4 Å². The van der Waals surface area contributed by atoms with Crippen molar-refractivity contribution in [2.75, 3.05) is 18.0 Å². The molecule has 2 unspecified atom stereocenters. The van der Waals surface area contributed by atoms with Crippen LogP contribution in [0.15, 0.2) is 0 Å². The van der Waals surface area contributed by atoms with Gasteiger partial charge < -0.3 is 10.2 Å². The van der Waals surface area contributed by atoms with Crippen LogP contribution in [0.5, 0.6) is 0 Å². The van der Waals surface area contributed by atoms with Crippen LogP contribution in [0.2, 0.25) is 0 Å². The molecule has 0 bridgehead atoms. The maximum absolute atomic E-state index is 4.89. The van der Waals surface area contributed by atoms with Crippen LogP contribution < -0.4 is 10.2 Å². The largest absolute Gasteiger partial charge is 0.345 e. The van der Waals surface area contributed by atoms with Gasteiger partial charge in [-0.1, -0.05) is 20.8 Å². The first-order chi connectivity index (χ1) is 9.15. The Morgan fingerprint density at radius 2 is 2.11 bits per heavy atom. The minimum Gasteiger partial charge on any atom is -0.345 e. The second kappa shape index (κ2) is 6.71. The van der Waals surface area contributed by atoms with E-state index in [9.17, 15) is 0 Å². The molecule has 0 aliphatic carbocycles. The second-order valence-corrected chi connectivity index (χ2v) is 6.75. The summed E-state index contributed by atoms with van der Waals surface area (Å²) in [5, 5.41) is 4.67. The molecule has 1 fully saturated rings. The molecule has 1 N–H and O–H groups in total. The van der Waals surface area contributed by atoms with Gasteiger partial charge in [0.2, 0.25) is 0 Å². The summed E-state index contributed by atoms with van der Waals surface area (Å²) in [6.07, 6.45) is 3.69. The van der Waals surface area contributed by atoms with Gasteiger partial charge >= 0.3 is 0 Å². The molecule has 0 aromatic carbocycles. The Balaban J connectivity index is 2.16. The number of aryl methyl sites for hydroxylation is 1. The third kappa shape index (κ3) is 3.48. The molecule has 0 amide bonds. The Hall–Kier alpha value is -0.610. The summed E-state index contributed by atoms with van der Waals surface area (Å²) in [5.41, 5.74) is 1.28. The first kappa shape index (κ1) is 14.8. The fourth-order valence-electron chi connectivity index (χ4n) is 2.70. The van der Waals surface area contributed by atoms with E-state index >= 15 is 0 Å². The Kier molecular flexibility index (Phi) is 5.22. The molecule has 1 aliphatic rings. The molecule has 1 aliphatic heterocycles. The number of hydrogen-bond acceptors (Lipinski definition) is 4. The van der Waals surface area contributed by atoms with Crippen molar-refractivity contribution in [1.82, 2.24) is 10.3 Å². The molecule has 4 heteroatoms. The standard InChI is InChI=1S/C15H27N3S/c1-5-13-14(9-16-6-2)19-15(17-13)18-10-11(3)7-8-12(18)4/h11-12,16H,5-10H2,1-4H3. The quantitative estimate of drug-likeness (QED) is 0.896. The first-order valence-corrected chi connectivity index (χ1v) is 8.43. The van der Waals surface area contributed by atoms with Crippen molar-refractivity contribution in [3.8, 4) is 0 Å². The SMILES string of the molecule is CCNCc1sc(N2CC(C)CCC2C)nc1CC. The van der Waals surface area contributed by atoms with Crippen LogP contribution in [0.25, 0.3) is 0 Å². The van der Waals surface area contributed by atoms with E-state index in [1.807, 2.05) is 11.3 Å². The predicted molar refractivity (Wildman–Crippen MR) is 84.1 cm³/mol. The van der Waals surface area contributed by atoms with Crippen molar-refractivity contribution in [2.24, 2.45) is 5.92 Å². The molecule has 2 rings (SSSR count). The molecule has 19 heavy (non-hydrogen) atoms. The molecular formula is C15H27N3S. The van der Waals surface area contributed by atoms with E-state index in [0.29, 0.717) is 6.04 Å². The predicted octanol–water partition coefficient (Wildman–Crippen LogP) is 3.44. The van der Waals surface area contributed by atoms with Crippen molar-refractivity contribution >= 4 is 16.5 Å². The van der Waals surface area contributed by atoms with Gasteiger partial charge in [0, 0.05) is 24.0 Å². The average molecular weight is 281 g/mol. The first-order valence-electron chi connectivity index (χ1n) is 7.61. The van der Waals surface area contributed by atoms with Crippen LogP contribution in [0.3, 0.4) is 0 Å². The topological polar surface area (TPSA) is 28.2 Å². The van der Waals surface area contributed by atoms with Gasteiger partial charge in [-0.2, -0.15) is 0 Å². The van der Waals surface area contributed by atoms with Crippen LogP contribution in [0.4, 0.5) is 5.13 Å². The van der Waals surface area contributed by atoms with Crippen LogP contribution in [0.1, 0.15) is 51.1 Å². The Bertz CT molecular complexity index is 402. The lowest BCUT2D eigenvalue weighted by molar-refractivity contribution is 0.390. The fraction of sp³-hybridized carbons (Fsp3) is 0.800. The highest BCUT2D eigenvalue weighted by Gasteiger charge is 2.26. The van der Waals surface area contributed by atoms with Gasteiger partial charge in [-0.15, -0.1) is 11.3 Å². The van der Waals surface area contributed by atoms with Gasteiger partial charge in [0.15, 0.2) is 5.13 Å². The Labute approximate surface area is 121 Å². The average Bonchev–Trinajstić information content (AvgIpc) is 2.82. The number of aromatic nitrogens is 1. The summed E-state index contributed by atoms with van der Waals surface area (Å²) in [5.74, 6) is 0.794. The van der Waals surface area contributed by atoms with Crippen LogP contribution in [-0.2, 0) is 13.0 Å². The molecular weight excluding hydrogens is 254 g/mol. The molecule has 108 valence electrons. The third-order valence-electron chi connectivity index (χ3n) is 4.00. The zero-order valence-electron chi connectivity index (χ0n) is 12.7. The molecule has 1 aromatic heterocycles. The maximum Gasteiger partial charge on any atom is 0.186 e. The lowest BCUT2D eigenvalue weighted by atomic mass is 9.96. The summed E-state index contributed by atoms with van der Waals surface area (Å²) < 4.78 is 0. The van der Waals surface area contributed by atoms with Crippen molar-refractivity contribution in [3.63, 3.8) is 0 Å². The molecule has 2 heterocycles. The molecule has 1 saturated heterocycles. The van der Waals surface area contributed by atoms with Gasteiger partial charge in [-0.3, -0.25) is 0 Å². The van der Waals surface area contributed by atoms with Gasteiger partial charge in [-0.05, 0) is 38.6 Å². The summed E-state index contributed by atoms with van der Waals surface area (Å²) in [6, 6.07) is 0.638. The van der Waals surface area contributed by atoms with Gasteiger partial charge in [-0.25, -0.2) is 4.98 Å². The maximum atomic E-state index is 4.89. The minimum atomic E-state index is 0.638. The monoisotopic (exact) mass is 281 g/mol. The van der Waals surface area contributed by atoms with Gasteiger partial charge in [0.05, 0.1) is 5.69 Å². The number of hydrogen-bond donors (Lipinski definition) is 1. The summed E-state index contributed by atoms with van der Waals surface area (Å²) >= 11 is 1.89. The van der Waals surface area contributed by atoms with E-state index < -0.39 is 0 Å². The molecule has 3 nitrogen and oxygen atoms in total. The van der Waals surface area contributed by atoms with E-state index in [1.165, 1.54) is 35.1 Å². The summed E-state index contributed by atoms with van der Waals surface area (Å²) in [7, 11) is 0. The number of nitrogens with zero attached hydrogens (tertiary/aromatic N) is 2. The van der Waals surface area contributed by atoms with E-state index in [2.05, 4.69) is 37.9 Å². The fourth-order valence-corrected chi connectivity index (χ4v) is 3.93. The zero-order valence-corrected chi connectivity index (χ0v) is 13.5. The van der Waals surface area contributed by atoms with E-state index in [-0.39, 0.29) is 0 Å². The van der Waals surface area contributed by atoms with E-state index in [4.69, 9.17) is 4.98 Å². The molecule has 0 radical (unpaired) electrons. The smallest absolute Gasteiger partial charge is 0.186 e. The highest BCUT2D eigenvalue weighted by atomic mass is 32.1. The Morgan fingerprint density at radius 1 is 1.32 bits per heavy atom. The van der Waals surface area contributed by atoms with E-state index in [1.54, 1.807) is 0 Å². The molecule has 0 spiro atoms. The normalized spacial score (nSPS) is 23.9. The molecule has 0 saturated carbocycles. The van der Waals surface area contributed by atoms with Crippen molar-refractivity contribution in [1.29, 1.82) is 0 Å². The molecule has 2 atom stereocenters. The number of rotatable bonds is 5. The van der Waals surface area contributed by atoms with Crippen LogP contribution in [-0.4, -0.2) is 24.1 Å². The van der Waals surface area contributed by atoms with Crippen molar-refractivity contribution < 1.29 is 0 Å². The van der Waals surface area contributed by atoms with Crippen LogP contribution in [0, 0.1) is 5.92 Å². The van der Waals surface area contributed by atoms with Crippen LogP contribution >= 0.6 is 11.3 Å². The van der Waals surface area contributed by atoms with Gasteiger partial charge in [0.1, 0.15) is 0 Å². The van der Waals surface area contributed by atoms with Crippen molar-refractivity contribution in [3.05, 3.63) is 10.6 Å². The summed E-state index contributed by atoms with van der Waals surface area (Å²) in [6.45, 7) is 12.2. The second-order valence-electron chi connectivity index (χ2n) is 5.68. The van der Waals surface area contributed by atoms with Gasteiger partial charge in [0.25, 0.3) is 0 Å². The lowest BCUT2D eigenvalue weighted by Crippen LogP contribution is -2.41. The number of piperidine rings is 1.